The van der Waals surface area contributed by atoms with Gasteiger partial charge in [-0.3, -0.25) is 0 Å². The van der Waals surface area contributed by atoms with E-state index in [-0.39, 0.29) is 6.04 Å². The lowest BCUT2D eigenvalue weighted by atomic mass is 9.98. The first-order valence-corrected chi connectivity index (χ1v) is 11.1. The highest BCUT2D eigenvalue weighted by atomic mass is 16.5. The van der Waals surface area contributed by atoms with Gasteiger partial charge >= 0.3 is 0 Å². The molecule has 0 spiro atoms. The van der Waals surface area contributed by atoms with Crippen LogP contribution in [0.25, 0.3) is 0 Å². The molecule has 2 N–H and O–H groups in total. The summed E-state index contributed by atoms with van der Waals surface area (Å²) in [5.74, 6) is 1.11. The molecule has 29 heavy (non-hydrogen) atoms. The molecular formula is C25H32N2O2. The minimum atomic E-state index is -0.391. The van der Waals surface area contributed by atoms with E-state index in [0.717, 1.165) is 63.1 Å². The normalized spacial score (nSPS) is 24.2. The number of para-hydroxylation sites is 1. The average Bonchev–Trinajstić information content (AvgIpc) is 3.07. The van der Waals surface area contributed by atoms with Gasteiger partial charge in [0, 0.05) is 25.2 Å². The van der Waals surface area contributed by atoms with Gasteiger partial charge in [-0.15, -0.1) is 0 Å². The number of aliphatic hydroxyl groups is 1. The summed E-state index contributed by atoms with van der Waals surface area (Å²) in [7, 11) is 0. The van der Waals surface area contributed by atoms with Gasteiger partial charge in [-0.1, -0.05) is 24.3 Å². The second-order valence-electron chi connectivity index (χ2n) is 8.98. The number of piperidine rings is 1. The molecule has 5 rings (SSSR count). The second kappa shape index (κ2) is 7.66. The van der Waals surface area contributed by atoms with Crippen LogP contribution in [0.1, 0.15) is 53.2 Å². The number of benzene rings is 2. The Balaban J connectivity index is 1.23. The molecule has 1 fully saturated rings. The smallest absolute Gasteiger partial charge is 0.145 e. The van der Waals surface area contributed by atoms with Crippen LogP contribution in [0.4, 0.5) is 5.69 Å². The van der Waals surface area contributed by atoms with E-state index in [1.54, 1.807) is 0 Å². The zero-order valence-electron chi connectivity index (χ0n) is 17.6. The molecule has 1 saturated heterocycles. The quantitative estimate of drug-likeness (QED) is 0.833. The summed E-state index contributed by atoms with van der Waals surface area (Å²) in [6.45, 7) is 7.17. The second-order valence-corrected chi connectivity index (χ2v) is 8.98. The van der Waals surface area contributed by atoms with E-state index in [1.807, 2.05) is 0 Å². The van der Waals surface area contributed by atoms with Gasteiger partial charge in [0.25, 0.3) is 0 Å². The molecule has 3 aliphatic rings. The molecule has 0 bridgehead atoms. The molecular weight excluding hydrogens is 360 g/mol. The van der Waals surface area contributed by atoms with Crippen LogP contribution in [0.2, 0.25) is 0 Å². The molecule has 0 unspecified atom stereocenters. The summed E-state index contributed by atoms with van der Waals surface area (Å²) in [6.07, 6.45) is 4.98. The maximum Gasteiger partial charge on any atom is 0.145 e. The number of aliphatic hydroxyl groups excluding tert-OH is 1. The van der Waals surface area contributed by atoms with Crippen LogP contribution in [-0.2, 0) is 12.8 Å². The van der Waals surface area contributed by atoms with Gasteiger partial charge in [-0.2, -0.15) is 0 Å². The van der Waals surface area contributed by atoms with Crippen LogP contribution < -0.4 is 15.0 Å². The lowest BCUT2D eigenvalue weighted by Crippen LogP contribution is -2.47. The number of hydrogen-bond donors (Lipinski definition) is 2. The van der Waals surface area contributed by atoms with Crippen molar-refractivity contribution in [1.29, 1.82) is 0 Å². The highest BCUT2D eigenvalue weighted by Crippen LogP contribution is 2.38. The van der Waals surface area contributed by atoms with E-state index >= 15 is 0 Å². The highest BCUT2D eigenvalue weighted by molar-refractivity contribution is 5.62. The van der Waals surface area contributed by atoms with Crippen molar-refractivity contribution in [2.24, 2.45) is 0 Å². The number of ether oxygens (including phenoxy) is 1. The van der Waals surface area contributed by atoms with Crippen LogP contribution in [0.15, 0.2) is 30.3 Å². The fourth-order valence-electron chi connectivity index (χ4n) is 5.39. The average molecular weight is 393 g/mol. The van der Waals surface area contributed by atoms with Crippen molar-refractivity contribution in [3.63, 3.8) is 0 Å². The van der Waals surface area contributed by atoms with Crippen molar-refractivity contribution >= 4 is 5.69 Å². The first-order chi connectivity index (χ1) is 14.1. The Morgan fingerprint density at radius 2 is 1.90 bits per heavy atom. The molecule has 4 nitrogen and oxygen atoms in total. The Labute approximate surface area is 173 Å². The van der Waals surface area contributed by atoms with Crippen molar-refractivity contribution in [3.05, 3.63) is 58.1 Å². The van der Waals surface area contributed by atoms with Crippen LogP contribution in [0.5, 0.6) is 5.75 Å². The van der Waals surface area contributed by atoms with Gasteiger partial charge in [0.2, 0.25) is 0 Å². The fraction of sp³-hybridized carbons (Fsp3) is 0.520. The van der Waals surface area contributed by atoms with E-state index in [4.69, 9.17) is 4.74 Å². The van der Waals surface area contributed by atoms with Crippen molar-refractivity contribution in [2.45, 2.75) is 64.1 Å². The predicted octanol–water partition coefficient (Wildman–Crippen LogP) is 3.85. The Bertz CT molecular complexity index is 902. The van der Waals surface area contributed by atoms with Crippen molar-refractivity contribution < 1.29 is 9.84 Å². The summed E-state index contributed by atoms with van der Waals surface area (Å²) in [5.41, 5.74) is 7.61. The number of nitrogens with zero attached hydrogens (tertiary/aromatic N) is 1. The highest BCUT2D eigenvalue weighted by Gasteiger charge is 2.34. The monoisotopic (exact) mass is 392 g/mol. The summed E-state index contributed by atoms with van der Waals surface area (Å²) >= 11 is 0. The summed E-state index contributed by atoms with van der Waals surface area (Å²) in [4.78, 5) is 2.48. The van der Waals surface area contributed by atoms with E-state index in [1.165, 1.54) is 27.9 Å². The van der Waals surface area contributed by atoms with Gasteiger partial charge in [-0.25, -0.2) is 0 Å². The lowest BCUT2D eigenvalue weighted by Gasteiger charge is -2.37. The van der Waals surface area contributed by atoms with E-state index in [2.05, 4.69) is 54.4 Å². The molecule has 2 heterocycles. The molecule has 0 saturated carbocycles. The third kappa shape index (κ3) is 3.43. The first-order valence-electron chi connectivity index (χ1n) is 11.1. The Hall–Kier alpha value is -2.04. The third-order valence-corrected chi connectivity index (χ3v) is 7.19. The van der Waals surface area contributed by atoms with Crippen LogP contribution in [-0.4, -0.2) is 36.9 Å². The number of rotatable bonds is 3. The maximum atomic E-state index is 10.9. The summed E-state index contributed by atoms with van der Waals surface area (Å²) in [5, 5.41) is 14.7. The molecule has 2 aromatic rings. The summed E-state index contributed by atoms with van der Waals surface area (Å²) < 4.78 is 6.02. The Morgan fingerprint density at radius 3 is 2.72 bits per heavy atom. The molecule has 154 valence electrons. The topological polar surface area (TPSA) is 44.7 Å². The lowest BCUT2D eigenvalue weighted by molar-refractivity contribution is 0.131. The Kier molecular flexibility index (Phi) is 5.00. The zero-order valence-corrected chi connectivity index (χ0v) is 17.6. The minimum absolute atomic E-state index is 0.134. The zero-order chi connectivity index (χ0) is 20.0. The van der Waals surface area contributed by atoms with Crippen molar-refractivity contribution in [2.75, 3.05) is 24.6 Å². The van der Waals surface area contributed by atoms with E-state index in [0.29, 0.717) is 6.04 Å². The van der Waals surface area contributed by atoms with Crippen LogP contribution >= 0.6 is 0 Å². The Morgan fingerprint density at radius 1 is 1.07 bits per heavy atom. The van der Waals surface area contributed by atoms with E-state index < -0.39 is 6.10 Å². The standard InChI is InChI=1S/C25H32N2O2/c1-16-8-9-19-15-21(24(28)23(19)17(16)2)26-20-10-12-27(13-11-20)22-7-3-5-18-6-4-14-29-25(18)22/h3,5,7-9,20-21,24,26,28H,4,6,10-15H2,1-2H3/t21-,24-/m1/s1. The minimum Gasteiger partial charge on any atom is -0.491 e. The van der Waals surface area contributed by atoms with Gasteiger partial charge < -0.3 is 20.1 Å². The first kappa shape index (κ1) is 19.0. The van der Waals surface area contributed by atoms with Gasteiger partial charge in [-0.05, 0) is 79.8 Å². The largest absolute Gasteiger partial charge is 0.491 e. The number of fused-ring (bicyclic) bond motifs is 2. The molecule has 0 radical (unpaired) electrons. The summed E-state index contributed by atoms with van der Waals surface area (Å²) in [6, 6.07) is 11.6. The van der Waals surface area contributed by atoms with Crippen LogP contribution in [0.3, 0.4) is 0 Å². The van der Waals surface area contributed by atoms with Gasteiger partial charge in [0.05, 0.1) is 18.4 Å². The SMILES string of the molecule is Cc1ccc2c(c1C)[C@H](O)[C@H](NC1CCN(c3cccc4c3OCCC4)CC1)C2. The fourth-order valence-corrected chi connectivity index (χ4v) is 5.39. The molecule has 2 aromatic carbocycles. The molecule has 1 aliphatic carbocycles. The molecule has 0 amide bonds. The van der Waals surface area contributed by atoms with Gasteiger partial charge in [0.15, 0.2) is 0 Å². The van der Waals surface area contributed by atoms with Crippen molar-refractivity contribution in [1.82, 2.24) is 5.32 Å². The predicted molar refractivity (Wildman–Crippen MR) is 117 cm³/mol. The van der Waals surface area contributed by atoms with Crippen molar-refractivity contribution in [3.8, 4) is 5.75 Å². The number of anilines is 1. The molecule has 4 heteroatoms. The number of hydrogen-bond acceptors (Lipinski definition) is 4. The molecule has 0 aromatic heterocycles. The number of aryl methyl sites for hydroxylation is 2. The molecule has 2 aliphatic heterocycles. The number of nitrogens with one attached hydrogen (secondary N) is 1. The molecule has 2 atom stereocenters. The third-order valence-electron chi connectivity index (χ3n) is 7.19. The van der Waals surface area contributed by atoms with Gasteiger partial charge in [0.1, 0.15) is 5.75 Å². The maximum absolute atomic E-state index is 10.9. The van der Waals surface area contributed by atoms with Crippen LogP contribution in [0, 0.1) is 13.8 Å². The van der Waals surface area contributed by atoms with E-state index in [9.17, 15) is 5.11 Å².